The summed E-state index contributed by atoms with van der Waals surface area (Å²) in [5, 5.41) is 0. The van der Waals surface area contributed by atoms with Crippen molar-refractivity contribution in [3.05, 3.63) is 334 Å². The van der Waals surface area contributed by atoms with Gasteiger partial charge in [-0.25, -0.2) is 0 Å². The zero-order chi connectivity index (χ0) is 58.8. The molecule has 0 radical (unpaired) electrons. The van der Waals surface area contributed by atoms with Gasteiger partial charge in [0.15, 0.2) is 0 Å². The van der Waals surface area contributed by atoms with Crippen molar-refractivity contribution >= 4 is 68.2 Å². The maximum Gasteiger partial charge on any atom is 0.134 e. The number of rotatable bonds is 12. The predicted molar refractivity (Wildman–Crippen MR) is 360 cm³/mol. The summed E-state index contributed by atoms with van der Waals surface area (Å²) in [4.78, 5) is 9.53. The Bertz CT molecular complexity index is 4000. The Labute approximate surface area is 506 Å². The Balaban J connectivity index is 1.08. The summed E-state index contributed by atoms with van der Waals surface area (Å²) in [6.07, 6.45) is 0. The zero-order valence-corrected chi connectivity index (χ0v) is 50.1. The van der Waals surface area contributed by atoms with Crippen LogP contribution in [0.4, 0.5) is 68.2 Å². The highest BCUT2D eigenvalue weighted by Crippen LogP contribution is 2.65. The molecule has 1 aliphatic heterocycles. The van der Waals surface area contributed by atoms with Crippen molar-refractivity contribution in [2.24, 2.45) is 0 Å². The van der Waals surface area contributed by atoms with Crippen molar-refractivity contribution in [3.63, 3.8) is 0 Å². The molecule has 1 heterocycles. The Morgan fingerprint density at radius 1 is 0.198 bits per heavy atom. The average Bonchev–Trinajstić information content (AvgIpc) is 1.51. The van der Waals surface area contributed by atoms with Gasteiger partial charge in [0.25, 0.3) is 0 Å². The van der Waals surface area contributed by atoms with Gasteiger partial charge in [0, 0.05) is 91.5 Å². The van der Waals surface area contributed by atoms with Crippen LogP contribution in [-0.2, 0) is 5.41 Å². The number of hydrogen-bond acceptors (Lipinski definition) is 5. The summed E-state index contributed by atoms with van der Waals surface area (Å²) >= 11 is 0. The minimum atomic E-state index is -0.911. The molecule has 12 aromatic carbocycles. The van der Waals surface area contributed by atoms with Crippen LogP contribution in [0.2, 0.25) is 0 Å². The van der Waals surface area contributed by atoms with E-state index in [1.54, 1.807) is 0 Å². The molecule has 0 fully saturated rings. The Morgan fingerprint density at radius 2 is 0.384 bits per heavy atom. The first-order valence-corrected chi connectivity index (χ1v) is 29.9. The lowest BCUT2D eigenvalue weighted by atomic mass is 9.66. The quantitative estimate of drug-likeness (QED) is 0.121. The van der Waals surface area contributed by atoms with E-state index in [2.05, 4.69) is 342 Å². The van der Waals surface area contributed by atoms with Crippen LogP contribution in [0, 0.1) is 55.4 Å². The van der Waals surface area contributed by atoms with E-state index in [0.29, 0.717) is 0 Å². The topological polar surface area (TPSA) is 22.2 Å². The smallest absolute Gasteiger partial charge is 0.134 e. The number of aryl methyl sites for hydroxylation is 8. The number of anilines is 12. The van der Waals surface area contributed by atoms with Gasteiger partial charge in [-0.15, -0.1) is 0 Å². The van der Waals surface area contributed by atoms with Crippen LogP contribution in [0.25, 0.3) is 11.1 Å². The van der Waals surface area contributed by atoms with Gasteiger partial charge >= 0.3 is 0 Å². The Kier molecular flexibility index (Phi) is 13.5. The molecule has 0 amide bonds. The van der Waals surface area contributed by atoms with Crippen LogP contribution < -0.4 is 24.3 Å². The fourth-order valence-electron chi connectivity index (χ4n) is 12.9. The molecule has 2 aliphatic rings. The van der Waals surface area contributed by atoms with Gasteiger partial charge in [-0.1, -0.05) is 166 Å². The van der Waals surface area contributed by atoms with E-state index in [1.165, 1.54) is 66.8 Å². The van der Waals surface area contributed by atoms with E-state index >= 15 is 0 Å². The Hall–Kier alpha value is -10.4. The van der Waals surface area contributed by atoms with Crippen molar-refractivity contribution in [3.8, 4) is 22.6 Å². The molecule has 14 rings (SSSR count). The molecule has 0 N–H and O–H groups in total. The fourth-order valence-corrected chi connectivity index (χ4v) is 12.9. The maximum absolute atomic E-state index is 7.70. The lowest BCUT2D eigenvalue weighted by Crippen LogP contribution is -2.33. The lowest BCUT2D eigenvalue weighted by molar-refractivity contribution is 0.436. The maximum atomic E-state index is 7.70. The molecule has 1 aliphatic carbocycles. The van der Waals surface area contributed by atoms with Gasteiger partial charge in [-0.3, -0.25) is 0 Å². The summed E-state index contributed by atoms with van der Waals surface area (Å²) in [6, 6.07) is 99.2. The van der Waals surface area contributed by atoms with Gasteiger partial charge in [0.1, 0.15) is 11.5 Å². The lowest BCUT2D eigenvalue weighted by Gasteiger charge is -2.41. The van der Waals surface area contributed by atoms with Crippen molar-refractivity contribution in [2.75, 3.05) is 19.6 Å². The molecule has 0 bridgehead atoms. The van der Waals surface area contributed by atoms with Crippen molar-refractivity contribution < 1.29 is 4.74 Å². The largest absolute Gasteiger partial charge is 0.457 e. The first-order valence-electron chi connectivity index (χ1n) is 29.9. The molecule has 5 nitrogen and oxygen atoms in total. The van der Waals surface area contributed by atoms with Crippen molar-refractivity contribution in [2.45, 2.75) is 60.8 Å². The summed E-state index contributed by atoms with van der Waals surface area (Å²) in [6.45, 7) is 17.2. The number of benzene rings is 12. The third kappa shape index (κ3) is 9.56. The second-order valence-electron chi connectivity index (χ2n) is 23.7. The van der Waals surface area contributed by atoms with E-state index in [-0.39, 0.29) is 0 Å². The van der Waals surface area contributed by atoms with Crippen molar-refractivity contribution in [1.82, 2.24) is 0 Å². The molecule has 86 heavy (non-hydrogen) atoms. The molecule has 0 saturated carbocycles. The Morgan fingerprint density at radius 3 is 0.605 bits per heavy atom. The highest BCUT2D eigenvalue weighted by molar-refractivity contribution is 5.95. The predicted octanol–water partition coefficient (Wildman–Crippen LogP) is 22.5. The van der Waals surface area contributed by atoms with Crippen LogP contribution in [0.15, 0.2) is 267 Å². The second kappa shape index (κ2) is 21.7. The summed E-state index contributed by atoms with van der Waals surface area (Å²) in [5.74, 6) is 1.57. The molecule has 0 unspecified atom stereocenters. The van der Waals surface area contributed by atoms with Gasteiger partial charge < -0.3 is 24.3 Å². The van der Waals surface area contributed by atoms with E-state index in [4.69, 9.17) is 4.74 Å². The average molecular weight is 1110 g/mol. The first-order chi connectivity index (χ1) is 41.9. The van der Waals surface area contributed by atoms with E-state index in [0.717, 1.165) is 90.9 Å². The van der Waals surface area contributed by atoms with Crippen LogP contribution in [0.3, 0.4) is 0 Å². The normalized spacial score (nSPS) is 12.4. The van der Waals surface area contributed by atoms with Crippen LogP contribution in [-0.4, -0.2) is 0 Å². The first kappa shape index (κ1) is 53.6. The molecular weight excluding hydrogens is 1040 g/mol. The second-order valence-corrected chi connectivity index (χ2v) is 23.7. The number of fused-ring (bicyclic) bond motifs is 9. The molecule has 5 heteroatoms. The van der Waals surface area contributed by atoms with E-state index in [1.807, 2.05) is 0 Å². The third-order valence-electron chi connectivity index (χ3n) is 17.4. The highest BCUT2D eigenvalue weighted by Gasteiger charge is 2.52. The summed E-state index contributed by atoms with van der Waals surface area (Å²) in [7, 11) is 0. The van der Waals surface area contributed by atoms with Gasteiger partial charge in [0.2, 0.25) is 0 Å². The van der Waals surface area contributed by atoms with E-state index < -0.39 is 5.41 Å². The molecular formula is C81H68N4O. The van der Waals surface area contributed by atoms with E-state index in [9.17, 15) is 0 Å². The summed E-state index contributed by atoms with van der Waals surface area (Å²) < 4.78 is 7.70. The van der Waals surface area contributed by atoms with Crippen molar-refractivity contribution in [1.29, 1.82) is 0 Å². The fraction of sp³-hybridized carbons (Fsp3) is 0.111. The number of ether oxygens (including phenoxy) is 1. The van der Waals surface area contributed by atoms with Crippen LogP contribution >= 0.6 is 0 Å². The molecule has 1 spiro atoms. The minimum Gasteiger partial charge on any atom is -0.457 e. The van der Waals surface area contributed by atoms with Gasteiger partial charge in [0.05, 0.1) is 5.41 Å². The standard InChI is InChI=1S/C81H68N4O/c1-53-9-25-61(26-10-53)82(62-27-11-54(2)12-28-62)69-41-45-73-74-46-42-70(83(63-29-13-55(3)14-30-63)64-31-15-56(4)16-32-64)50-78(74)81(77(73)49-69)75-47-43-71(84(65-33-17-57(5)18-34-65)66-35-19-58(6)20-36-66)51-79(75)86-80-52-72(44-48-76(80)81)85(67-37-21-59(7)22-38-67)68-39-23-60(8)24-40-68/h9-52H,1-8H3. The summed E-state index contributed by atoms with van der Waals surface area (Å²) in [5.41, 5.74) is 28.2. The minimum absolute atomic E-state index is 0.783. The third-order valence-corrected chi connectivity index (χ3v) is 17.4. The molecule has 0 aromatic heterocycles. The number of nitrogens with zero attached hydrogens (tertiary/aromatic N) is 4. The highest BCUT2D eigenvalue weighted by atomic mass is 16.5. The SMILES string of the molecule is Cc1ccc(N(c2ccc(C)cc2)c2ccc3c(c2)Oc2cc(N(c4ccc(C)cc4)c4ccc(C)cc4)ccc2C32c3cc(N(c4ccc(C)cc4)c4ccc(C)cc4)ccc3-c3ccc(N(c4ccc(C)cc4)c4ccc(C)cc4)cc32)cc1. The van der Waals surface area contributed by atoms with Crippen LogP contribution in [0.5, 0.6) is 11.5 Å². The molecule has 418 valence electrons. The molecule has 0 atom stereocenters. The van der Waals surface area contributed by atoms with Gasteiger partial charge in [-0.05, 0) is 211 Å². The molecule has 12 aromatic rings. The number of hydrogen-bond donors (Lipinski definition) is 0. The molecule has 0 saturated heterocycles. The zero-order valence-electron chi connectivity index (χ0n) is 50.1. The van der Waals surface area contributed by atoms with Crippen LogP contribution in [0.1, 0.15) is 66.8 Å². The monoisotopic (exact) mass is 1110 g/mol. The van der Waals surface area contributed by atoms with Gasteiger partial charge in [-0.2, -0.15) is 0 Å².